The van der Waals surface area contributed by atoms with Gasteiger partial charge in [-0.05, 0) is 18.1 Å². The van der Waals surface area contributed by atoms with Crippen LogP contribution in [0.25, 0.3) is 10.9 Å². The molecule has 6 nitrogen and oxygen atoms in total. The minimum absolute atomic E-state index is 0.0709. The first-order chi connectivity index (χ1) is 11.6. The third kappa shape index (κ3) is 4.14. The maximum Gasteiger partial charge on any atom is 0.224 e. The topological polar surface area (TPSA) is 77.6 Å². The lowest BCUT2D eigenvalue weighted by atomic mass is 10.1. The van der Waals surface area contributed by atoms with Crippen LogP contribution in [0.2, 0.25) is 0 Å². The van der Waals surface area contributed by atoms with Gasteiger partial charge in [0, 0.05) is 43.3 Å². The van der Waals surface area contributed by atoms with Crippen LogP contribution in [0.4, 0.5) is 0 Å². The zero-order chi connectivity index (χ0) is 16.9. The number of para-hydroxylation sites is 1. The van der Waals surface area contributed by atoms with Gasteiger partial charge in [-0.25, -0.2) is 0 Å². The van der Waals surface area contributed by atoms with E-state index in [4.69, 9.17) is 4.74 Å². The molecule has 1 atom stereocenters. The Kier molecular flexibility index (Phi) is 5.50. The fourth-order valence-electron chi connectivity index (χ4n) is 3.12. The minimum Gasteiger partial charge on any atom is -0.390 e. The van der Waals surface area contributed by atoms with Crippen molar-refractivity contribution in [2.75, 3.05) is 39.4 Å². The number of aromatic nitrogens is 1. The molecule has 1 aliphatic heterocycles. The molecule has 2 heterocycles. The SMILES string of the molecule is Cc1cccc2c(CC(=O)NCC(O)CN3CCOCC3)c[nH]c12. The molecule has 3 rings (SSSR count). The summed E-state index contributed by atoms with van der Waals surface area (Å²) < 4.78 is 5.29. The maximum atomic E-state index is 12.2. The largest absolute Gasteiger partial charge is 0.390 e. The smallest absolute Gasteiger partial charge is 0.224 e. The number of nitrogens with zero attached hydrogens (tertiary/aromatic N) is 1. The van der Waals surface area contributed by atoms with Gasteiger partial charge in [-0.2, -0.15) is 0 Å². The van der Waals surface area contributed by atoms with E-state index in [0.717, 1.165) is 29.6 Å². The summed E-state index contributed by atoms with van der Waals surface area (Å²) in [5.74, 6) is -0.0709. The Morgan fingerprint density at radius 2 is 2.21 bits per heavy atom. The van der Waals surface area contributed by atoms with Crippen molar-refractivity contribution in [1.82, 2.24) is 15.2 Å². The number of rotatable bonds is 6. The van der Waals surface area contributed by atoms with Gasteiger partial charge in [0.15, 0.2) is 0 Å². The summed E-state index contributed by atoms with van der Waals surface area (Å²) in [4.78, 5) is 17.6. The number of nitrogens with one attached hydrogen (secondary N) is 2. The molecule has 0 saturated carbocycles. The van der Waals surface area contributed by atoms with E-state index in [0.29, 0.717) is 26.2 Å². The molecule has 1 aromatic carbocycles. The average molecular weight is 331 g/mol. The number of hydrogen-bond donors (Lipinski definition) is 3. The first-order valence-corrected chi connectivity index (χ1v) is 8.44. The number of carbonyl (C=O) groups excluding carboxylic acids is 1. The second-order valence-corrected chi connectivity index (χ2v) is 6.36. The van der Waals surface area contributed by atoms with Crippen molar-refractivity contribution in [3.05, 3.63) is 35.5 Å². The molecule has 24 heavy (non-hydrogen) atoms. The molecule has 0 bridgehead atoms. The standard InChI is InChI=1S/C18H25N3O3/c1-13-3-2-4-16-14(10-20-18(13)16)9-17(23)19-11-15(22)12-21-5-7-24-8-6-21/h2-4,10,15,20,22H,5-9,11-12H2,1H3,(H,19,23). The zero-order valence-electron chi connectivity index (χ0n) is 14.0. The lowest BCUT2D eigenvalue weighted by Crippen LogP contribution is -2.44. The molecule has 0 radical (unpaired) electrons. The molecule has 0 spiro atoms. The number of morpholine rings is 1. The highest BCUT2D eigenvalue weighted by molar-refractivity contribution is 5.90. The quantitative estimate of drug-likeness (QED) is 0.733. The number of aliphatic hydroxyl groups is 1. The van der Waals surface area contributed by atoms with E-state index in [1.165, 1.54) is 5.56 Å². The first kappa shape index (κ1) is 17.0. The summed E-state index contributed by atoms with van der Waals surface area (Å²) in [6.07, 6.45) is 1.65. The number of H-pyrrole nitrogens is 1. The number of benzene rings is 1. The van der Waals surface area contributed by atoms with Crippen molar-refractivity contribution in [2.24, 2.45) is 0 Å². The third-order valence-corrected chi connectivity index (χ3v) is 4.47. The number of ether oxygens (including phenoxy) is 1. The number of fused-ring (bicyclic) bond motifs is 1. The van der Waals surface area contributed by atoms with Gasteiger partial charge in [0.05, 0.1) is 25.7 Å². The van der Waals surface area contributed by atoms with Crippen molar-refractivity contribution in [3.63, 3.8) is 0 Å². The van der Waals surface area contributed by atoms with E-state index >= 15 is 0 Å². The molecule has 1 amide bonds. The number of aromatic amines is 1. The highest BCUT2D eigenvalue weighted by Crippen LogP contribution is 2.21. The molecule has 1 aromatic heterocycles. The van der Waals surface area contributed by atoms with E-state index in [1.54, 1.807) is 0 Å². The Labute approximate surface area is 141 Å². The Balaban J connectivity index is 1.49. The van der Waals surface area contributed by atoms with Crippen LogP contribution in [-0.2, 0) is 16.0 Å². The normalized spacial score (nSPS) is 17.1. The minimum atomic E-state index is -0.558. The fourth-order valence-corrected chi connectivity index (χ4v) is 3.12. The highest BCUT2D eigenvalue weighted by atomic mass is 16.5. The predicted octanol–water partition coefficient (Wildman–Crippen LogP) is 0.828. The molecule has 0 aliphatic carbocycles. The van der Waals surface area contributed by atoms with Crippen LogP contribution >= 0.6 is 0 Å². The van der Waals surface area contributed by atoms with Crippen molar-refractivity contribution in [2.45, 2.75) is 19.4 Å². The first-order valence-electron chi connectivity index (χ1n) is 8.44. The number of β-amino-alcohol motifs (C(OH)–C–C–N with tert-alkyl or cyclic N) is 1. The van der Waals surface area contributed by atoms with Gasteiger partial charge < -0.3 is 20.1 Å². The van der Waals surface area contributed by atoms with E-state index in [-0.39, 0.29) is 12.5 Å². The average Bonchev–Trinajstić information content (AvgIpc) is 2.98. The summed E-state index contributed by atoms with van der Waals surface area (Å²) in [7, 11) is 0. The van der Waals surface area contributed by atoms with Crippen LogP contribution in [0.1, 0.15) is 11.1 Å². The second-order valence-electron chi connectivity index (χ2n) is 6.36. The highest BCUT2D eigenvalue weighted by Gasteiger charge is 2.16. The Hall–Kier alpha value is -1.89. The van der Waals surface area contributed by atoms with Gasteiger partial charge in [-0.3, -0.25) is 9.69 Å². The molecule has 6 heteroatoms. The van der Waals surface area contributed by atoms with Gasteiger partial charge >= 0.3 is 0 Å². The van der Waals surface area contributed by atoms with Crippen LogP contribution in [-0.4, -0.2) is 66.4 Å². The lowest BCUT2D eigenvalue weighted by Gasteiger charge is -2.28. The summed E-state index contributed by atoms with van der Waals surface area (Å²) >= 11 is 0. The van der Waals surface area contributed by atoms with E-state index in [9.17, 15) is 9.90 Å². The van der Waals surface area contributed by atoms with Crippen molar-refractivity contribution < 1.29 is 14.6 Å². The fraction of sp³-hybridized carbons (Fsp3) is 0.500. The van der Waals surface area contributed by atoms with E-state index in [1.807, 2.05) is 31.3 Å². The summed E-state index contributed by atoms with van der Waals surface area (Å²) in [6, 6.07) is 6.07. The van der Waals surface area contributed by atoms with E-state index in [2.05, 4.69) is 15.2 Å². The van der Waals surface area contributed by atoms with Gasteiger partial charge in [-0.15, -0.1) is 0 Å². The van der Waals surface area contributed by atoms with Crippen LogP contribution in [0, 0.1) is 6.92 Å². The van der Waals surface area contributed by atoms with Crippen LogP contribution < -0.4 is 5.32 Å². The summed E-state index contributed by atoms with van der Waals surface area (Å²) in [6.45, 7) is 5.97. The predicted molar refractivity (Wildman–Crippen MR) is 93.0 cm³/mol. The monoisotopic (exact) mass is 331 g/mol. The number of aliphatic hydroxyl groups excluding tert-OH is 1. The third-order valence-electron chi connectivity index (χ3n) is 4.47. The number of aryl methyl sites for hydroxylation is 1. The van der Waals surface area contributed by atoms with Crippen molar-refractivity contribution in [1.29, 1.82) is 0 Å². The van der Waals surface area contributed by atoms with Gasteiger partial charge in [0.25, 0.3) is 0 Å². The van der Waals surface area contributed by atoms with Crippen molar-refractivity contribution >= 4 is 16.8 Å². The molecular weight excluding hydrogens is 306 g/mol. The summed E-state index contributed by atoms with van der Waals surface area (Å²) in [5.41, 5.74) is 3.22. The summed E-state index contributed by atoms with van der Waals surface area (Å²) in [5, 5.41) is 14.0. The number of carbonyl (C=O) groups is 1. The number of amides is 1. The Morgan fingerprint density at radius 1 is 1.42 bits per heavy atom. The molecule has 1 unspecified atom stereocenters. The molecule has 1 aliphatic rings. The number of hydrogen-bond acceptors (Lipinski definition) is 4. The van der Waals surface area contributed by atoms with Crippen LogP contribution in [0.15, 0.2) is 24.4 Å². The molecular formula is C18H25N3O3. The van der Waals surface area contributed by atoms with Crippen LogP contribution in [0.3, 0.4) is 0 Å². The van der Waals surface area contributed by atoms with Crippen molar-refractivity contribution in [3.8, 4) is 0 Å². The van der Waals surface area contributed by atoms with Gasteiger partial charge in [0.1, 0.15) is 0 Å². The zero-order valence-corrected chi connectivity index (χ0v) is 14.0. The molecule has 1 saturated heterocycles. The second kappa shape index (κ2) is 7.79. The molecule has 3 N–H and O–H groups in total. The van der Waals surface area contributed by atoms with E-state index < -0.39 is 6.10 Å². The molecule has 130 valence electrons. The van der Waals surface area contributed by atoms with Crippen LogP contribution in [0.5, 0.6) is 0 Å². The Bertz CT molecular complexity index is 692. The van der Waals surface area contributed by atoms with Gasteiger partial charge in [-0.1, -0.05) is 18.2 Å². The molecule has 1 fully saturated rings. The lowest BCUT2D eigenvalue weighted by molar-refractivity contribution is -0.121. The van der Waals surface area contributed by atoms with Gasteiger partial charge in [0.2, 0.25) is 5.91 Å². The Morgan fingerprint density at radius 3 is 3.00 bits per heavy atom. The maximum absolute atomic E-state index is 12.2. The molecule has 2 aromatic rings.